The van der Waals surface area contributed by atoms with Gasteiger partial charge in [-0.25, -0.2) is 4.68 Å². The van der Waals surface area contributed by atoms with Crippen molar-refractivity contribution in [2.75, 3.05) is 19.6 Å². The van der Waals surface area contributed by atoms with Crippen LogP contribution < -0.4 is 20.7 Å². The second-order valence-electron chi connectivity index (χ2n) is 5.84. The Morgan fingerprint density at radius 2 is 1.39 bits per heavy atom. The molecule has 0 saturated heterocycles. The van der Waals surface area contributed by atoms with E-state index in [4.69, 9.17) is 15.3 Å². The first kappa shape index (κ1) is 23.9. The molecule has 0 spiro atoms. The van der Waals surface area contributed by atoms with Gasteiger partial charge in [0.1, 0.15) is 22.9 Å². The number of nitrogens with zero attached hydrogens (tertiary/aromatic N) is 2. The summed E-state index contributed by atoms with van der Waals surface area (Å²) in [5, 5.41) is 3.02. The number of benzene rings is 2. The molecule has 3 rings (SSSR count). The van der Waals surface area contributed by atoms with Gasteiger partial charge in [-0.15, -0.1) is 0 Å². The predicted octanol–water partition coefficient (Wildman–Crippen LogP) is 4.90. The molecule has 31 heavy (non-hydrogen) atoms. The summed E-state index contributed by atoms with van der Waals surface area (Å²) in [5.41, 5.74) is -0.0684. The van der Waals surface area contributed by atoms with E-state index in [0.717, 1.165) is 11.4 Å². The van der Waals surface area contributed by atoms with E-state index in [0.29, 0.717) is 0 Å². The maximum Gasteiger partial charge on any atom is 0.435 e. The fraction of sp³-hybridized carbons (Fsp3) is 0.211. The van der Waals surface area contributed by atoms with Crippen LogP contribution in [0.3, 0.4) is 0 Å². The lowest BCUT2D eigenvalue weighted by Gasteiger charge is -2.12. The first-order valence-electron chi connectivity index (χ1n) is 8.50. The number of rotatable bonds is 4. The lowest BCUT2D eigenvalue weighted by atomic mass is 10.2. The van der Waals surface area contributed by atoms with Gasteiger partial charge in [-0.1, -0.05) is 24.3 Å². The monoisotopic (exact) mass is 448 g/mol. The Morgan fingerprint density at radius 3 is 1.87 bits per heavy atom. The zero-order valence-electron chi connectivity index (χ0n) is 16.3. The quantitative estimate of drug-likeness (QED) is 0.338. The van der Waals surface area contributed by atoms with Crippen molar-refractivity contribution in [3.05, 3.63) is 66.0 Å². The fourth-order valence-electron chi connectivity index (χ4n) is 2.47. The van der Waals surface area contributed by atoms with Crippen LogP contribution in [-0.2, 0) is 12.4 Å². The molecule has 1 aromatic heterocycles. The standard InChI is InChI=1S/C12H8F6N2O.C7H10N2O/c1-21-8-5-3-2-4-7(8)20-10(12(16,17)18)6-9(19-20)11(13,14)15;1-10-7-5-3-2-4-6(7)9-8/h2-6H,1H3;2-5,9H,8H2,1H3. The zero-order valence-corrected chi connectivity index (χ0v) is 16.3. The summed E-state index contributed by atoms with van der Waals surface area (Å²) >= 11 is 0. The molecule has 0 amide bonds. The minimum Gasteiger partial charge on any atom is -0.495 e. The number of aromatic nitrogens is 2. The number of alkyl halides is 6. The average Bonchev–Trinajstić information content (AvgIpc) is 3.20. The van der Waals surface area contributed by atoms with Crippen LogP contribution in [0.2, 0.25) is 0 Å². The SMILES string of the molecule is COc1ccccc1-n1nc(C(F)(F)F)cc1C(F)(F)F.COc1ccccc1NN. The van der Waals surface area contributed by atoms with Gasteiger partial charge in [0.2, 0.25) is 0 Å². The number of nitrogens with two attached hydrogens (primary N) is 1. The van der Waals surface area contributed by atoms with Crippen LogP contribution >= 0.6 is 0 Å². The summed E-state index contributed by atoms with van der Waals surface area (Å²) in [6.45, 7) is 0. The second kappa shape index (κ2) is 9.60. The highest BCUT2D eigenvalue weighted by atomic mass is 19.4. The van der Waals surface area contributed by atoms with Gasteiger partial charge in [-0.2, -0.15) is 31.4 Å². The number of halogens is 6. The van der Waals surface area contributed by atoms with Crippen LogP contribution in [-0.4, -0.2) is 24.0 Å². The van der Waals surface area contributed by atoms with Crippen molar-refractivity contribution in [1.82, 2.24) is 9.78 Å². The number of nitrogens with one attached hydrogen (secondary N) is 1. The minimum absolute atomic E-state index is 0.0279. The molecule has 0 bridgehead atoms. The number of hydrogen-bond donors (Lipinski definition) is 2. The van der Waals surface area contributed by atoms with Gasteiger partial charge < -0.3 is 14.9 Å². The van der Waals surface area contributed by atoms with E-state index in [-0.39, 0.29) is 22.2 Å². The third-order valence-electron chi connectivity index (χ3n) is 3.87. The maximum atomic E-state index is 12.9. The topological polar surface area (TPSA) is 74.3 Å². The normalized spacial score (nSPS) is 11.4. The summed E-state index contributed by atoms with van der Waals surface area (Å²) in [5.74, 6) is 5.92. The molecule has 3 aromatic rings. The van der Waals surface area contributed by atoms with Crippen LogP contribution in [0.4, 0.5) is 32.0 Å². The van der Waals surface area contributed by atoms with Crippen LogP contribution in [0.25, 0.3) is 5.69 Å². The largest absolute Gasteiger partial charge is 0.495 e. The van der Waals surface area contributed by atoms with E-state index in [2.05, 4.69) is 10.5 Å². The molecule has 0 saturated carbocycles. The predicted molar refractivity (Wildman–Crippen MR) is 101 cm³/mol. The number of hydrazine groups is 1. The Labute approximate surface area is 173 Å². The Morgan fingerprint density at radius 1 is 0.839 bits per heavy atom. The van der Waals surface area contributed by atoms with Gasteiger partial charge in [-0.05, 0) is 24.3 Å². The number of anilines is 1. The summed E-state index contributed by atoms with van der Waals surface area (Å²) < 4.78 is 86.5. The number of nitrogen functional groups attached to an aromatic ring is 1. The van der Waals surface area contributed by atoms with Crippen LogP contribution in [0, 0.1) is 0 Å². The third-order valence-corrected chi connectivity index (χ3v) is 3.87. The van der Waals surface area contributed by atoms with Gasteiger partial charge in [0, 0.05) is 6.07 Å². The lowest BCUT2D eigenvalue weighted by molar-refractivity contribution is -0.143. The molecule has 0 atom stereocenters. The fourth-order valence-corrected chi connectivity index (χ4v) is 2.47. The van der Waals surface area contributed by atoms with Crippen molar-refractivity contribution in [3.63, 3.8) is 0 Å². The molecule has 0 aliphatic rings. The molecule has 12 heteroatoms. The third kappa shape index (κ3) is 5.81. The maximum absolute atomic E-state index is 12.9. The summed E-state index contributed by atoms with van der Waals surface area (Å²) in [7, 11) is 2.80. The highest BCUT2D eigenvalue weighted by Crippen LogP contribution is 2.37. The molecule has 2 aromatic carbocycles. The molecule has 0 unspecified atom stereocenters. The minimum atomic E-state index is -4.99. The van der Waals surface area contributed by atoms with E-state index >= 15 is 0 Å². The molecular formula is C19H18F6N4O2. The van der Waals surface area contributed by atoms with E-state index in [1.165, 1.54) is 31.4 Å². The van der Waals surface area contributed by atoms with Crippen molar-refractivity contribution < 1.29 is 35.8 Å². The highest BCUT2D eigenvalue weighted by molar-refractivity contribution is 5.55. The molecule has 0 radical (unpaired) electrons. The zero-order chi connectivity index (χ0) is 23.2. The molecule has 168 valence electrons. The smallest absolute Gasteiger partial charge is 0.435 e. The van der Waals surface area contributed by atoms with Gasteiger partial charge >= 0.3 is 12.4 Å². The first-order valence-corrected chi connectivity index (χ1v) is 8.50. The Kier molecular flexibility index (Phi) is 7.39. The van der Waals surface area contributed by atoms with Crippen molar-refractivity contribution in [2.45, 2.75) is 12.4 Å². The number of methoxy groups -OCH3 is 2. The van der Waals surface area contributed by atoms with E-state index in [9.17, 15) is 26.3 Å². The van der Waals surface area contributed by atoms with Crippen LogP contribution in [0.1, 0.15) is 11.4 Å². The van der Waals surface area contributed by atoms with Gasteiger partial charge in [0.05, 0.1) is 19.9 Å². The van der Waals surface area contributed by atoms with E-state index in [1.54, 1.807) is 7.11 Å². The average molecular weight is 448 g/mol. The van der Waals surface area contributed by atoms with Crippen molar-refractivity contribution in [2.24, 2.45) is 5.84 Å². The van der Waals surface area contributed by atoms with Crippen molar-refractivity contribution in [3.8, 4) is 17.2 Å². The molecule has 0 fully saturated rings. The van der Waals surface area contributed by atoms with Crippen molar-refractivity contribution >= 4 is 5.69 Å². The Bertz CT molecular complexity index is 979. The Hall–Kier alpha value is -3.41. The highest BCUT2D eigenvalue weighted by Gasteiger charge is 2.42. The van der Waals surface area contributed by atoms with Gasteiger partial charge in [-0.3, -0.25) is 5.84 Å². The van der Waals surface area contributed by atoms with Crippen LogP contribution in [0.15, 0.2) is 54.6 Å². The molecule has 0 aliphatic carbocycles. The van der Waals surface area contributed by atoms with E-state index < -0.39 is 23.7 Å². The summed E-state index contributed by atoms with van der Waals surface area (Å²) in [4.78, 5) is 0. The summed E-state index contributed by atoms with van der Waals surface area (Å²) in [6, 6.07) is 12.8. The van der Waals surface area contributed by atoms with Gasteiger partial charge in [0.25, 0.3) is 0 Å². The van der Waals surface area contributed by atoms with Crippen LogP contribution in [0.5, 0.6) is 11.5 Å². The lowest BCUT2D eigenvalue weighted by Crippen LogP contribution is -2.14. The number of ether oxygens (including phenoxy) is 2. The van der Waals surface area contributed by atoms with Gasteiger partial charge in [0.15, 0.2) is 5.69 Å². The second-order valence-corrected chi connectivity index (χ2v) is 5.84. The number of para-hydroxylation sites is 4. The first-order chi connectivity index (χ1) is 14.5. The van der Waals surface area contributed by atoms with E-state index in [1.807, 2.05) is 24.3 Å². The summed E-state index contributed by atoms with van der Waals surface area (Å²) in [6.07, 6.45) is -9.97. The molecule has 0 aliphatic heterocycles. The number of hydrogen-bond acceptors (Lipinski definition) is 5. The van der Waals surface area contributed by atoms with Crippen molar-refractivity contribution in [1.29, 1.82) is 0 Å². The Balaban J connectivity index is 0.000000285. The molecular weight excluding hydrogens is 430 g/mol. The molecule has 3 N–H and O–H groups in total. The molecule has 6 nitrogen and oxygen atoms in total. The molecule has 1 heterocycles.